The number of fused-ring (bicyclic) bond motifs is 1. The van der Waals surface area contributed by atoms with Crippen molar-refractivity contribution in [2.24, 2.45) is 0 Å². The number of carbonyl (C=O) groups excluding carboxylic acids is 1. The summed E-state index contributed by atoms with van der Waals surface area (Å²) in [6.07, 6.45) is 7.02. The molecule has 0 aliphatic rings. The maximum atomic E-state index is 12.7. The fourth-order valence-electron chi connectivity index (χ4n) is 2.55. The summed E-state index contributed by atoms with van der Waals surface area (Å²) in [5.74, 6) is -0.269. The van der Waals surface area contributed by atoms with Crippen molar-refractivity contribution in [1.29, 1.82) is 0 Å². The van der Waals surface area contributed by atoms with Gasteiger partial charge in [-0.1, -0.05) is 0 Å². The van der Waals surface area contributed by atoms with Crippen LogP contribution in [-0.2, 0) is 0 Å². The zero-order chi connectivity index (χ0) is 17.4. The van der Waals surface area contributed by atoms with Gasteiger partial charge in [-0.2, -0.15) is 0 Å². The third-order valence-corrected chi connectivity index (χ3v) is 4.56. The van der Waals surface area contributed by atoms with Gasteiger partial charge in [-0.3, -0.25) is 19.5 Å². The molecule has 0 fully saturated rings. The molecule has 0 saturated carbocycles. The van der Waals surface area contributed by atoms with E-state index < -0.39 is 0 Å². The van der Waals surface area contributed by atoms with E-state index in [9.17, 15) is 4.79 Å². The fraction of sp³-hybridized carbons (Fsp3) is 0.118. The van der Waals surface area contributed by atoms with E-state index in [4.69, 9.17) is 0 Å². The van der Waals surface area contributed by atoms with Gasteiger partial charge < -0.3 is 0 Å². The smallest absolute Gasteiger partial charge is 0.261 e. The number of pyridine rings is 2. The molecule has 7 nitrogen and oxygen atoms in total. The third kappa shape index (κ3) is 2.99. The first-order chi connectivity index (χ1) is 12.1. The highest BCUT2D eigenvalue weighted by Gasteiger charge is 2.16. The lowest BCUT2D eigenvalue weighted by molar-refractivity contribution is 0.102. The minimum atomic E-state index is -0.269. The molecule has 0 radical (unpaired) electrons. The predicted molar refractivity (Wildman–Crippen MR) is 95.8 cm³/mol. The number of thiazole rings is 1. The Morgan fingerprint density at radius 3 is 2.84 bits per heavy atom. The third-order valence-electron chi connectivity index (χ3n) is 3.68. The van der Waals surface area contributed by atoms with Crippen LogP contribution in [0.4, 0.5) is 5.13 Å². The summed E-state index contributed by atoms with van der Waals surface area (Å²) in [5, 5.41) is 13.2. The number of rotatable bonds is 3. The van der Waals surface area contributed by atoms with Gasteiger partial charge in [0.05, 0.1) is 11.3 Å². The van der Waals surface area contributed by atoms with E-state index in [0.29, 0.717) is 16.3 Å². The van der Waals surface area contributed by atoms with Gasteiger partial charge in [0.1, 0.15) is 6.33 Å². The molecule has 8 heteroatoms. The topological polar surface area (TPSA) is 85.1 Å². The predicted octanol–water partition coefficient (Wildman–Crippen LogP) is 3.12. The van der Waals surface area contributed by atoms with Crippen LogP contribution in [0.2, 0.25) is 0 Å². The van der Waals surface area contributed by atoms with Crippen molar-refractivity contribution in [2.75, 3.05) is 5.32 Å². The number of nitrogens with zero attached hydrogens (tertiary/aromatic N) is 5. The van der Waals surface area contributed by atoms with E-state index in [-0.39, 0.29) is 5.91 Å². The molecule has 25 heavy (non-hydrogen) atoms. The maximum absolute atomic E-state index is 12.7. The van der Waals surface area contributed by atoms with E-state index in [1.165, 1.54) is 11.3 Å². The molecule has 0 saturated heterocycles. The van der Waals surface area contributed by atoms with Crippen molar-refractivity contribution in [3.05, 3.63) is 59.3 Å². The number of nitrogens with one attached hydrogen (secondary N) is 1. The second kappa shape index (κ2) is 6.06. The van der Waals surface area contributed by atoms with Crippen molar-refractivity contribution in [3.8, 4) is 11.1 Å². The molecular weight excluding hydrogens is 336 g/mol. The van der Waals surface area contributed by atoms with E-state index in [1.807, 2.05) is 31.5 Å². The molecular formula is C17H14N6OS. The molecule has 0 bridgehead atoms. The Balaban J connectivity index is 1.79. The normalized spacial score (nSPS) is 11.0. The molecule has 124 valence electrons. The lowest BCUT2D eigenvalue weighted by atomic mass is 10.1. The molecule has 4 heterocycles. The monoisotopic (exact) mass is 350 g/mol. The summed E-state index contributed by atoms with van der Waals surface area (Å²) in [5.41, 5.74) is 4.64. The summed E-state index contributed by atoms with van der Waals surface area (Å²) >= 11 is 1.39. The van der Waals surface area contributed by atoms with Crippen LogP contribution in [0.3, 0.4) is 0 Å². The summed E-state index contributed by atoms with van der Waals surface area (Å²) in [6.45, 7) is 3.86. The first kappa shape index (κ1) is 15.4. The zero-order valence-electron chi connectivity index (χ0n) is 13.6. The molecule has 0 aliphatic heterocycles. The number of amides is 1. The zero-order valence-corrected chi connectivity index (χ0v) is 14.4. The highest BCUT2D eigenvalue weighted by molar-refractivity contribution is 7.13. The first-order valence-electron chi connectivity index (χ1n) is 7.59. The number of carbonyl (C=O) groups is 1. The highest BCUT2D eigenvalue weighted by atomic mass is 32.1. The Morgan fingerprint density at radius 1 is 1.20 bits per heavy atom. The standard InChI is InChI=1S/C17H14N6OS/c1-10-3-12(6-18-5-10)13-4-14(15-22-19-9-23(15)7-13)16(24)21-17-20-11(2)8-25-17/h3-9H,1-2H3,(H,20,21,24). The van der Waals surface area contributed by atoms with Crippen molar-refractivity contribution in [1.82, 2.24) is 24.6 Å². The van der Waals surface area contributed by atoms with Gasteiger partial charge in [-0.05, 0) is 31.5 Å². The van der Waals surface area contributed by atoms with Gasteiger partial charge in [0.25, 0.3) is 5.91 Å². The van der Waals surface area contributed by atoms with Crippen molar-refractivity contribution in [3.63, 3.8) is 0 Å². The first-order valence-corrected chi connectivity index (χ1v) is 8.47. The maximum Gasteiger partial charge on any atom is 0.261 e. The van der Waals surface area contributed by atoms with Crippen LogP contribution < -0.4 is 5.32 Å². The lowest BCUT2D eigenvalue weighted by Gasteiger charge is -2.08. The fourth-order valence-corrected chi connectivity index (χ4v) is 3.23. The summed E-state index contributed by atoms with van der Waals surface area (Å²) in [6, 6.07) is 3.82. The Bertz CT molecular complexity index is 1080. The van der Waals surface area contributed by atoms with Gasteiger partial charge in [0.15, 0.2) is 10.8 Å². The van der Waals surface area contributed by atoms with Gasteiger partial charge in [-0.25, -0.2) is 4.98 Å². The van der Waals surface area contributed by atoms with Crippen LogP contribution >= 0.6 is 11.3 Å². The summed E-state index contributed by atoms with van der Waals surface area (Å²) in [7, 11) is 0. The van der Waals surface area contributed by atoms with E-state index in [1.54, 1.807) is 29.2 Å². The molecule has 1 N–H and O–H groups in total. The van der Waals surface area contributed by atoms with Crippen LogP contribution in [0, 0.1) is 13.8 Å². The second-order valence-corrected chi connectivity index (χ2v) is 6.56. The van der Waals surface area contributed by atoms with Gasteiger partial charge in [0.2, 0.25) is 0 Å². The SMILES string of the molecule is Cc1cncc(-c2cc(C(=O)Nc3nc(C)cs3)c3nncn3c2)c1. The molecule has 0 aromatic carbocycles. The van der Waals surface area contributed by atoms with Crippen LogP contribution in [0.25, 0.3) is 16.8 Å². The summed E-state index contributed by atoms with van der Waals surface area (Å²) in [4.78, 5) is 21.2. The number of hydrogen-bond acceptors (Lipinski definition) is 6. The Hall–Kier alpha value is -3.13. The average molecular weight is 350 g/mol. The highest BCUT2D eigenvalue weighted by Crippen LogP contribution is 2.24. The molecule has 1 amide bonds. The average Bonchev–Trinajstić information content (AvgIpc) is 3.22. The molecule has 4 rings (SSSR count). The molecule has 0 atom stereocenters. The molecule has 4 aromatic rings. The van der Waals surface area contributed by atoms with E-state index in [0.717, 1.165) is 22.4 Å². The largest absolute Gasteiger partial charge is 0.298 e. The summed E-state index contributed by atoms with van der Waals surface area (Å²) < 4.78 is 1.74. The van der Waals surface area contributed by atoms with E-state index >= 15 is 0 Å². The molecule has 4 aromatic heterocycles. The molecule has 0 spiro atoms. The van der Waals surface area contributed by atoms with Gasteiger partial charge in [0, 0.05) is 35.1 Å². The Kier molecular flexibility index (Phi) is 3.73. The van der Waals surface area contributed by atoms with Crippen LogP contribution in [0.5, 0.6) is 0 Å². The second-order valence-electron chi connectivity index (χ2n) is 5.70. The van der Waals surface area contributed by atoms with Crippen LogP contribution in [-0.4, -0.2) is 30.5 Å². The van der Waals surface area contributed by atoms with Crippen molar-refractivity contribution in [2.45, 2.75) is 13.8 Å². The Morgan fingerprint density at radius 2 is 2.08 bits per heavy atom. The van der Waals surface area contributed by atoms with Gasteiger partial charge >= 0.3 is 0 Å². The number of hydrogen-bond donors (Lipinski definition) is 1. The van der Waals surface area contributed by atoms with Crippen LogP contribution in [0.15, 0.2) is 42.4 Å². The molecule has 0 aliphatic carbocycles. The number of anilines is 1. The number of aryl methyl sites for hydroxylation is 2. The van der Waals surface area contributed by atoms with E-state index in [2.05, 4.69) is 25.5 Å². The van der Waals surface area contributed by atoms with Crippen molar-refractivity contribution < 1.29 is 4.79 Å². The molecule has 0 unspecified atom stereocenters. The Labute approximate surface area is 147 Å². The lowest BCUT2D eigenvalue weighted by Crippen LogP contribution is -2.13. The number of aromatic nitrogens is 5. The quantitative estimate of drug-likeness (QED) is 0.613. The minimum absolute atomic E-state index is 0.269. The van der Waals surface area contributed by atoms with Gasteiger partial charge in [-0.15, -0.1) is 21.5 Å². The minimum Gasteiger partial charge on any atom is -0.298 e. The van der Waals surface area contributed by atoms with Crippen LogP contribution in [0.1, 0.15) is 21.6 Å². The van der Waals surface area contributed by atoms with Crippen molar-refractivity contribution >= 4 is 28.0 Å².